The quantitative estimate of drug-likeness (QED) is 0.814. The van der Waals surface area contributed by atoms with Gasteiger partial charge < -0.3 is 5.43 Å². The summed E-state index contributed by atoms with van der Waals surface area (Å²) in [6.07, 6.45) is 9.40. The van der Waals surface area contributed by atoms with Crippen molar-refractivity contribution >= 4 is 15.7 Å². The van der Waals surface area contributed by atoms with Gasteiger partial charge in [-0.15, -0.1) is 0 Å². The molecule has 1 aromatic carbocycles. The summed E-state index contributed by atoms with van der Waals surface area (Å²) < 4.78 is 27.5. The van der Waals surface area contributed by atoms with Crippen molar-refractivity contribution in [3.05, 3.63) is 60.3 Å². The topological polar surface area (TPSA) is 61.4 Å². The van der Waals surface area contributed by atoms with Gasteiger partial charge in [0.05, 0.1) is 4.90 Å². The fourth-order valence-electron chi connectivity index (χ4n) is 2.06. The number of hydrogen-bond acceptors (Lipinski definition) is 4. The number of nitrogens with zero attached hydrogens (tertiary/aromatic N) is 1. The van der Waals surface area contributed by atoms with Crippen LogP contribution in [0.5, 0.6) is 0 Å². The summed E-state index contributed by atoms with van der Waals surface area (Å²) >= 11 is 0. The number of hydrogen-bond donors (Lipinski definition) is 2. The maximum atomic E-state index is 12.5. The van der Waals surface area contributed by atoms with Gasteiger partial charge >= 0.3 is 0 Å². The highest BCUT2D eigenvalue weighted by atomic mass is 32.2. The Balaban J connectivity index is 2.16. The molecule has 0 bridgehead atoms. The largest absolute Gasteiger partial charge is 0.319 e. The number of rotatable bonds is 5. The smallest absolute Gasteiger partial charge is 0.261 e. The summed E-state index contributed by atoms with van der Waals surface area (Å²) in [7, 11) is 0.131. The van der Waals surface area contributed by atoms with Gasteiger partial charge in [0.2, 0.25) is 0 Å². The van der Waals surface area contributed by atoms with E-state index in [9.17, 15) is 8.42 Å². The third kappa shape index (κ3) is 4.97. The molecule has 0 saturated heterocycles. The van der Waals surface area contributed by atoms with Crippen LogP contribution in [0.3, 0.4) is 0 Å². The van der Waals surface area contributed by atoms with Crippen molar-refractivity contribution in [3.8, 4) is 0 Å². The molecule has 0 aliphatic heterocycles. The minimum absolute atomic E-state index is 0.0941. The fraction of sp³-hybridized carbons (Fsp3) is 0.294. The predicted octanol–water partition coefficient (Wildman–Crippen LogP) is 2.89. The van der Waals surface area contributed by atoms with Gasteiger partial charge in [-0.1, -0.05) is 32.1 Å². The molecule has 6 heteroatoms. The molecule has 0 radical (unpaired) electrons. The molecule has 124 valence electrons. The number of nitrogens with one attached hydrogen (secondary N) is 2. The zero-order chi connectivity index (χ0) is 17.1. The molecule has 1 aromatic rings. The first kappa shape index (κ1) is 17.3. The molecule has 0 saturated carbocycles. The minimum atomic E-state index is -3.60. The lowest BCUT2D eigenvalue weighted by Gasteiger charge is -2.14. The third-order valence-corrected chi connectivity index (χ3v) is 4.66. The zero-order valence-electron chi connectivity index (χ0n) is 13.9. The Morgan fingerprint density at radius 3 is 2.30 bits per heavy atom. The van der Waals surface area contributed by atoms with Crippen LogP contribution in [0.2, 0.25) is 0 Å². The summed E-state index contributed by atoms with van der Waals surface area (Å²) in [5.41, 5.74) is 4.34. The molecule has 0 atom stereocenters. The molecule has 2 N–H and O–H groups in total. The Morgan fingerprint density at radius 1 is 1.04 bits per heavy atom. The van der Waals surface area contributed by atoms with Crippen LogP contribution >= 0.6 is 0 Å². The van der Waals surface area contributed by atoms with E-state index in [2.05, 4.69) is 24.0 Å². The van der Waals surface area contributed by atoms with Crippen molar-refractivity contribution in [2.24, 2.45) is 5.41 Å². The summed E-state index contributed by atoms with van der Waals surface area (Å²) in [5.74, 6) is 0. The molecular weight excluding hydrogens is 310 g/mol. The van der Waals surface area contributed by atoms with E-state index >= 15 is 0 Å². The van der Waals surface area contributed by atoms with Gasteiger partial charge in [0.15, 0.2) is 0 Å². The van der Waals surface area contributed by atoms with E-state index in [1.165, 1.54) is 0 Å². The van der Waals surface area contributed by atoms with E-state index in [-0.39, 0.29) is 10.3 Å². The maximum Gasteiger partial charge on any atom is 0.261 e. The SMILES string of the molecule is CN(C)Nc1ccc(S(=O)(=O)NC2=CC=CC(C)(C)C=C2)cc1. The molecule has 1 aliphatic carbocycles. The van der Waals surface area contributed by atoms with Gasteiger partial charge in [-0.3, -0.25) is 4.72 Å². The van der Waals surface area contributed by atoms with Gasteiger partial charge in [0.1, 0.15) is 0 Å². The second-order valence-corrected chi connectivity index (χ2v) is 7.95. The van der Waals surface area contributed by atoms with Crippen molar-refractivity contribution < 1.29 is 8.42 Å². The van der Waals surface area contributed by atoms with Crippen LogP contribution in [-0.4, -0.2) is 27.5 Å². The number of anilines is 1. The monoisotopic (exact) mass is 333 g/mol. The second-order valence-electron chi connectivity index (χ2n) is 6.27. The predicted molar refractivity (Wildman–Crippen MR) is 94.2 cm³/mol. The number of benzene rings is 1. The molecular formula is C17H23N3O2S. The highest BCUT2D eigenvalue weighted by Gasteiger charge is 2.16. The summed E-state index contributed by atoms with van der Waals surface area (Å²) in [4.78, 5) is 0.226. The second kappa shape index (κ2) is 6.60. The Kier molecular flexibility index (Phi) is 4.97. The molecule has 0 unspecified atom stereocenters. The molecule has 0 fully saturated rings. The summed E-state index contributed by atoms with van der Waals surface area (Å²) in [6.45, 7) is 4.11. The molecule has 0 heterocycles. The van der Waals surface area contributed by atoms with Crippen LogP contribution in [-0.2, 0) is 10.0 Å². The van der Waals surface area contributed by atoms with Crippen LogP contribution in [0.15, 0.2) is 65.2 Å². The Morgan fingerprint density at radius 2 is 1.70 bits per heavy atom. The highest BCUT2D eigenvalue weighted by Crippen LogP contribution is 2.23. The third-order valence-electron chi connectivity index (χ3n) is 3.26. The fourth-order valence-corrected chi connectivity index (χ4v) is 3.12. The number of sulfonamides is 1. The van der Waals surface area contributed by atoms with Gasteiger partial charge in [-0.25, -0.2) is 13.4 Å². The van der Waals surface area contributed by atoms with Crippen LogP contribution in [0.4, 0.5) is 5.69 Å². The summed E-state index contributed by atoms with van der Waals surface area (Å²) in [5, 5.41) is 1.79. The number of allylic oxidation sites excluding steroid dienone is 5. The highest BCUT2D eigenvalue weighted by molar-refractivity contribution is 7.89. The first-order chi connectivity index (χ1) is 10.7. The molecule has 0 spiro atoms. The van der Waals surface area contributed by atoms with E-state index in [1.807, 2.05) is 32.3 Å². The van der Waals surface area contributed by atoms with Gasteiger partial charge in [0.25, 0.3) is 10.0 Å². The average Bonchev–Trinajstić information content (AvgIpc) is 2.60. The molecule has 0 amide bonds. The molecule has 23 heavy (non-hydrogen) atoms. The Hall–Kier alpha value is -2.05. The molecule has 2 rings (SSSR count). The maximum absolute atomic E-state index is 12.5. The molecule has 5 nitrogen and oxygen atoms in total. The molecule has 0 aromatic heterocycles. The Bertz CT molecular complexity index is 743. The van der Waals surface area contributed by atoms with Crippen LogP contribution < -0.4 is 10.1 Å². The number of hydrazine groups is 1. The minimum Gasteiger partial charge on any atom is -0.319 e. The van der Waals surface area contributed by atoms with E-state index < -0.39 is 10.0 Å². The lowest BCUT2D eigenvalue weighted by atomic mass is 9.93. The van der Waals surface area contributed by atoms with E-state index in [1.54, 1.807) is 41.4 Å². The lowest BCUT2D eigenvalue weighted by molar-refractivity contribution is 0.495. The van der Waals surface area contributed by atoms with Crippen molar-refractivity contribution in [2.75, 3.05) is 19.5 Å². The van der Waals surface area contributed by atoms with Gasteiger partial charge in [-0.05, 0) is 36.4 Å². The average molecular weight is 333 g/mol. The first-order valence-electron chi connectivity index (χ1n) is 7.34. The normalized spacial score (nSPS) is 16.8. The zero-order valence-corrected chi connectivity index (χ0v) is 14.7. The van der Waals surface area contributed by atoms with Crippen molar-refractivity contribution in [1.29, 1.82) is 0 Å². The summed E-state index contributed by atoms with van der Waals surface area (Å²) in [6, 6.07) is 6.62. The Labute approximate surface area is 138 Å². The lowest BCUT2D eigenvalue weighted by Crippen LogP contribution is -2.23. The van der Waals surface area contributed by atoms with Crippen LogP contribution in [0.25, 0.3) is 0 Å². The van der Waals surface area contributed by atoms with Crippen LogP contribution in [0.1, 0.15) is 13.8 Å². The molecule has 1 aliphatic rings. The van der Waals surface area contributed by atoms with Gasteiger partial charge in [-0.2, -0.15) is 0 Å². The van der Waals surface area contributed by atoms with Crippen molar-refractivity contribution in [1.82, 2.24) is 9.73 Å². The van der Waals surface area contributed by atoms with Gasteiger partial charge in [0, 0.05) is 30.9 Å². The first-order valence-corrected chi connectivity index (χ1v) is 8.82. The van der Waals surface area contributed by atoms with E-state index in [0.29, 0.717) is 5.70 Å². The van der Waals surface area contributed by atoms with Crippen LogP contribution in [0, 0.1) is 5.41 Å². The van der Waals surface area contributed by atoms with Crippen molar-refractivity contribution in [2.45, 2.75) is 18.7 Å². The van der Waals surface area contributed by atoms with Crippen molar-refractivity contribution in [3.63, 3.8) is 0 Å². The van der Waals surface area contributed by atoms with E-state index in [0.717, 1.165) is 5.69 Å². The van der Waals surface area contributed by atoms with E-state index in [4.69, 9.17) is 0 Å². The standard InChI is InChI=1S/C17H23N3O2S/c1-17(2)12-5-6-15(11-13-17)19-23(21,22)16-9-7-14(8-10-16)18-20(3)4/h5-13,18-19H,1-4H3.